The summed E-state index contributed by atoms with van der Waals surface area (Å²) in [6.07, 6.45) is -2.62. The van der Waals surface area contributed by atoms with Crippen LogP contribution in [0.15, 0.2) is 6.07 Å². The fourth-order valence-electron chi connectivity index (χ4n) is 1.23. The van der Waals surface area contributed by atoms with Gasteiger partial charge >= 0.3 is 5.97 Å². The summed E-state index contributed by atoms with van der Waals surface area (Å²) in [4.78, 5) is 10.8. The molecule has 1 heterocycles. The normalized spacial score (nSPS) is 12.1. The molecule has 0 bridgehead atoms. The number of hydrogen-bond acceptors (Lipinski definition) is 2. The van der Waals surface area contributed by atoms with E-state index in [1.54, 1.807) is 0 Å². The standard InChI is InChI=1S/C10H14F2N2O2/c1-10(2,3)7-4-6(9(15)16)14(13-7)5-8(11)12/h4,8H,5H2,1-3H3,(H,15,16). The smallest absolute Gasteiger partial charge is 0.354 e. The van der Waals surface area contributed by atoms with Gasteiger partial charge in [0, 0.05) is 5.41 Å². The summed E-state index contributed by atoms with van der Waals surface area (Å²) in [5, 5.41) is 12.8. The summed E-state index contributed by atoms with van der Waals surface area (Å²) < 4.78 is 25.3. The second-order valence-electron chi connectivity index (χ2n) is 4.54. The average Bonchev–Trinajstić information content (AvgIpc) is 2.45. The molecule has 1 N–H and O–H groups in total. The molecule has 90 valence electrons. The Hall–Kier alpha value is -1.46. The van der Waals surface area contributed by atoms with E-state index in [1.807, 2.05) is 20.8 Å². The highest BCUT2D eigenvalue weighted by Gasteiger charge is 2.23. The van der Waals surface area contributed by atoms with Crippen molar-refractivity contribution in [2.75, 3.05) is 0 Å². The van der Waals surface area contributed by atoms with Crippen molar-refractivity contribution >= 4 is 5.97 Å². The predicted molar refractivity (Wildman–Crippen MR) is 53.9 cm³/mol. The molecule has 0 amide bonds. The Bertz CT molecular complexity index is 394. The zero-order chi connectivity index (χ0) is 12.5. The number of carbonyl (C=O) groups is 1. The summed E-state index contributed by atoms with van der Waals surface area (Å²) in [6, 6.07) is 1.34. The Morgan fingerprint density at radius 3 is 2.50 bits per heavy atom. The second-order valence-corrected chi connectivity index (χ2v) is 4.54. The van der Waals surface area contributed by atoms with Gasteiger partial charge in [-0.2, -0.15) is 5.10 Å². The Morgan fingerprint density at radius 2 is 2.12 bits per heavy atom. The maximum Gasteiger partial charge on any atom is 0.354 e. The zero-order valence-corrected chi connectivity index (χ0v) is 9.37. The fraction of sp³-hybridized carbons (Fsp3) is 0.600. The van der Waals surface area contributed by atoms with Crippen LogP contribution in [0.25, 0.3) is 0 Å². The predicted octanol–water partition coefficient (Wildman–Crippen LogP) is 2.14. The lowest BCUT2D eigenvalue weighted by Gasteiger charge is -2.14. The van der Waals surface area contributed by atoms with Crippen molar-refractivity contribution in [3.05, 3.63) is 17.5 Å². The molecule has 16 heavy (non-hydrogen) atoms. The number of rotatable bonds is 3. The first-order chi connectivity index (χ1) is 7.21. The van der Waals surface area contributed by atoms with Crippen molar-refractivity contribution in [2.45, 2.75) is 39.2 Å². The average molecular weight is 232 g/mol. The molecule has 0 aliphatic rings. The molecule has 1 aromatic rings. The maximum atomic E-state index is 12.2. The first-order valence-electron chi connectivity index (χ1n) is 4.81. The van der Waals surface area contributed by atoms with Crippen LogP contribution in [0.2, 0.25) is 0 Å². The van der Waals surface area contributed by atoms with Crippen molar-refractivity contribution in [3.63, 3.8) is 0 Å². The number of carboxylic acid groups (broad SMARTS) is 1. The first kappa shape index (κ1) is 12.6. The minimum absolute atomic E-state index is 0.203. The van der Waals surface area contributed by atoms with Crippen molar-refractivity contribution in [2.24, 2.45) is 0 Å². The molecule has 0 fully saturated rings. The van der Waals surface area contributed by atoms with Crippen LogP contribution in [0.1, 0.15) is 37.0 Å². The number of hydrogen-bond donors (Lipinski definition) is 1. The quantitative estimate of drug-likeness (QED) is 0.868. The molecule has 1 aromatic heterocycles. The topological polar surface area (TPSA) is 55.1 Å². The van der Waals surface area contributed by atoms with Crippen LogP contribution >= 0.6 is 0 Å². The molecule has 0 aliphatic carbocycles. The van der Waals surface area contributed by atoms with Crippen molar-refractivity contribution in [3.8, 4) is 0 Å². The molecular weight excluding hydrogens is 218 g/mol. The number of alkyl halides is 2. The molecule has 0 radical (unpaired) electrons. The van der Waals surface area contributed by atoms with Gasteiger partial charge in [0.15, 0.2) is 0 Å². The van der Waals surface area contributed by atoms with E-state index >= 15 is 0 Å². The van der Waals surface area contributed by atoms with Crippen LogP contribution in [-0.4, -0.2) is 27.3 Å². The van der Waals surface area contributed by atoms with E-state index in [9.17, 15) is 13.6 Å². The molecule has 0 aromatic carbocycles. The SMILES string of the molecule is CC(C)(C)c1cc(C(=O)O)n(CC(F)F)n1. The van der Waals surface area contributed by atoms with Crippen LogP contribution in [-0.2, 0) is 12.0 Å². The number of nitrogens with zero attached hydrogens (tertiary/aromatic N) is 2. The zero-order valence-electron chi connectivity index (χ0n) is 9.37. The van der Waals surface area contributed by atoms with Crippen molar-refractivity contribution < 1.29 is 18.7 Å². The third-order valence-corrected chi connectivity index (χ3v) is 2.08. The number of carboxylic acids is 1. The van der Waals surface area contributed by atoms with Gasteiger partial charge in [0.2, 0.25) is 0 Å². The summed E-state index contributed by atoms with van der Waals surface area (Å²) in [7, 11) is 0. The van der Waals surface area contributed by atoms with Crippen LogP contribution in [0, 0.1) is 0 Å². The van der Waals surface area contributed by atoms with Crippen LogP contribution in [0.4, 0.5) is 8.78 Å². The lowest BCUT2D eigenvalue weighted by molar-refractivity contribution is 0.0671. The van der Waals surface area contributed by atoms with Crippen molar-refractivity contribution in [1.82, 2.24) is 9.78 Å². The Morgan fingerprint density at radius 1 is 1.56 bits per heavy atom. The van der Waals surface area contributed by atoms with E-state index in [-0.39, 0.29) is 11.1 Å². The Labute approximate surface area is 91.9 Å². The van der Waals surface area contributed by atoms with Gasteiger partial charge in [0.1, 0.15) is 12.2 Å². The Kier molecular flexibility index (Phi) is 3.30. The van der Waals surface area contributed by atoms with Crippen LogP contribution < -0.4 is 0 Å². The van der Waals surface area contributed by atoms with Gasteiger partial charge in [0.25, 0.3) is 6.43 Å². The van der Waals surface area contributed by atoms with Gasteiger partial charge in [-0.05, 0) is 6.07 Å². The molecule has 0 spiro atoms. The monoisotopic (exact) mass is 232 g/mol. The third-order valence-electron chi connectivity index (χ3n) is 2.08. The van der Waals surface area contributed by atoms with Crippen LogP contribution in [0.5, 0.6) is 0 Å². The Balaban J connectivity index is 3.15. The third kappa shape index (κ3) is 2.77. The van der Waals surface area contributed by atoms with E-state index in [1.165, 1.54) is 6.07 Å². The molecule has 0 saturated heterocycles. The molecule has 4 nitrogen and oxygen atoms in total. The van der Waals surface area contributed by atoms with Gasteiger partial charge in [-0.15, -0.1) is 0 Å². The summed E-state index contributed by atoms with van der Waals surface area (Å²) >= 11 is 0. The molecule has 0 saturated carbocycles. The summed E-state index contributed by atoms with van der Waals surface area (Å²) in [6.45, 7) is 4.83. The molecule has 0 aliphatic heterocycles. The number of aromatic carboxylic acids is 1. The highest BCUT2D eigenvalue weighted by molar-refractivity contribution is 5.85. The van der Waals surface area contributed by atoms with Gasteiger partial charge < -0.3 is 5.11 Å². The minimum atomic E-state index is -2.62. The van der Waals surface area contributed by atoms with Crippen LogP contribution in [0.3, 0.4) is 0 Å². The fourth-order valence-corrected chi connectivity index (χ4v) is 1.23. The van der Waals surface area contributed by atoms with E-state index in [0.29, 0.717) is 5.69 Å². The lowest BCUT2D eigenvalue weighted by atomic mass is 9.92. The summed E-state index contributed by atoms with van der Waals surface area (Å²) in [5.41, 5.74) is -0.0758. The van der Waals surface area contributed by atoms with Crippen molar-refractivity contribution in [1.29, 1.82) is 0 Å². The minimum Gasteiger partial charge on any atom is -0.477 e. The molecule has 6 heteroatoms. The van der Waals surface area contributed by atoms with E-state index in [4.69, 9.17) is 5.11 Å². The van der Waals surface area contributed by atoms with E-state index in [0.717, 1.165) is 4.68 Å². The van der Waals surface area contributed by atoms with E-state index < -0.39 is 18.9 Å². The van der Waals surface area contributed by atoms with Gasteiger partial charge in [-0.1, -0.05) is 20.8 Å². The van der Waals surface area contributed by atoms with Gasteiger partial charge in [0.05, 0.1) is 5.69 Å². The van der Waals surface area contributed by atoms with Gasteiger partial charge in [-0.3, -0.25) is 4.68 Å². The van der Waals surface area contributed by atoms with E-state index in [2.05, 4.69) is 5.10 Å². The highest BCUT2D eigenvalue weighted by atomic mass is 19.3. The number of aromatic nitrogens is 2. The molecule has 0 atom stereocenters. The molecular formula is C10H14F2N2O2. The second kappa shape index (κ2) is 4.19. The largest absolute Gasteiger partial charge is 0.477 e. The molecule has 1 rings (SSSR count). The highest BCUT2D eigenvalue weighted by Crippen LogP contribution is 2.22. The number of halogens is 2. The lowest BCUT2D eigenvalue weighted by Crippen LogP contribution is -2.16. The van der Waals surface area contributed by atoms with Gasteiger partial charge in [-0.25, -0.2) is 13.6 Å². The summed E-state index contributed by atoms with van der Waals surface area (Å²) in [5.74, 6) is -1.25. The molecule has 0 unspecified atom stereocenters. The first-order valence-corrected chi connectivity index (χ1v) is 4.81. The maximum absolute atomic E-state index is 12.2.